The number of piperidine rings is 1. The molecule has 0 bridgehead atoms. The SMILES string of the molecule is CCOCCN1CCC(c2ccccc2C(=O)O)CC1.Cl. The highest BCUT2D eigenvalue weighted by atomic mass is 35.5. The van der Waals surface area contributed by atoms with E-state index in [2.05, 4.69) is 4.90 Å². The van der Waals surface area contributed by atoms with E-state index in [1.807, 2.05) is 19.1 Å². The van der Waals surface area contributed by atoms with Crippen molar-refractivity contribution >= 4 is 18.4 Å². The molecule has 0 amide bonds. The fourth-order valence-electron chi connectivity index (χ4n) is 2.85. The fourth-order valence-corrected chi connectivity index (χ4v) is 2.85. The highest BCUT2D eigenvalue weighted by Gasteiger charge is 2.23. The maximum Gasteiger partial charge on any atom is 0.335 e. The predicted molar refractivity (Wildman–Crippen MR) is 85.6 cm³/mol. The molecule has 1 fully saturated rings. The van der Waals surface area contributed by atoms with Gasteiger partial charge in [-0.3, -0.25) is 0 Å². The number of benzene rings is 1. The van der Waals surface area contributed by atoms with Crippen LogP contribution in [0, 0.1) is 0 Å². The third kappa shape index (κ3) is 4.99. The first-order valence-electron chi connectivity index (χ1n) is 7.34. The van der Waals surface area contributed by atoms with E-state index in [-0.39, 0.29) is 12.4 Å². The Kier molecular flexibility index (Phi) is 7.72. The Balaban J connectivity index is 0.00000220. The van der Waals surface area contributed by atoms with E-state index in [0.717, 1.165) is 51.3 Å². The Morgan fingerprint density at radius 3 is 2.62 bits per heavy atom. The molecule has 1 aromatic carbocycles. The van der Waals surface area contributed by atoms with Crippen molar-refractivity contribution in [3.63, 3.8) is 0 Å². The summed E-state index contributed by atoms with van der Waals surface area (Å²) in [6.45, 7) is 6.57. The molecule has 0 aliphatic carbocycles. The highest BCUT2D eigenvalue weighted by Crippen LogP contribution is 2.30. The van der Waals surface area contributed by atoms with Crippen LogP contribution in [0.1, 0.15) is 41.6 Å². The van der Waals surface area contributed by atoms with Gasteiger partial charge in [-0.25, -0.2) is 4.79 Å². The molecule has 1 aliphatic rings. The van der Waals surface area contributed by atoms with Crippen molar-refractivity contribution < 1.29 is 14.6 Å². The number of nitrogens with zero attached hydrogens (tertiary/aromatic N) is 1. The van der Waals surface area contributed by atoms with Crippen molar-refractivity contribution in [2.45, 2.75) is 25.7 Å². The van der Waals surface area contributed by atoms with Crippen LogP contribution >= 0.6 is 12.4 Å². The van der Waals surface area contributed by atoms with Crippen molar-refractivity contribution in [3.8, 4) is 0 Å². The first kappa shape index (κ1) is 18.0. The monoisotopic (exact) mass is 313 g/mol. The topological polar surface area (TPSA) is 49.8 Å². The molecule has 5 heteroatoms. The lowest BCUT2D eigenvalue weighted by Gasteiger charge is -2.32. The molecule has 21 heavy (non-hydrogen) atoms. The lowest BCUT2D eigenvalue weighted by atomic mass is 9.86. The summed E-state index contributed by atoms with van der Waals surface area (Å²) in [6, 6.07) is 7.40. The van der Waals surface area contributed by atoms with Crippen molar-refractivity contribution in [2.75, 3.05) is 32.8 Å². The third-order valence-corrected chi connectivity index (χ3v) is 3.97. The number of carbonyl (C=O) groups is 1. The zero-order valence-corrected chi connectivity index (χ0v) is 13.3. The molecule has 1 saturated heterocycles. The van der Waals surface area contributed by atoms with Gasteiger partial charge in [-0.2, -0.15) is 0 Å². The Morgan fingerprint density at radius 1 is 1.33 bits per heavy atom. The normalized spacial score (nSPS) is 16.4. The van der Waals surface area contributed by atoms with Gasteiger partial charge in [0.1, 0.15) is 0 Å². The molecule has 1 aliphatic heterocycles. The zero-order valence-electron chi connectivity index (χ0n) is 12.5. The second kappa shape index (κ2) is 9.03. The van der Waals surface area contributed by atoms with Crippen LogP contribution in [0.25, 0.3) is 0 Å². The lowest BCUT2D eigenvalue weighted by molar-refractivity contribution is 0.0693. The Hall–Kier alpha value is -1.10. The predicted octanol–water partition coefficient (Wildman–Crippen LogP) is 3.02. The first-order chi connectivity index (χ1) is 9.72. The van der Waals surface area contributed by atoms with Gasteiger partial charge in [0.25, 0.3) is 0 Å². The summed E-state index contributed by atoms with van der Waals surface area (Å²) in [5.74, 6) is -0.454. The molecule has 4 nitrogen and oxygen atoms in total. The molecule has 0 unspecified atom stereocenters. The number of hydrogen-bond donors (Lipinski definition) is 1. The highest BCUT2D eigenvalue weighted by molar-refractivity contribution is 5.89. The van der Waals surface area contributed by atoms with Gasteiger partial charge < -0.3 is 14.7 Å². The van der Waals surface area contributed by atoms with Crippen LogP contribution in [-0.4, -0.2) is 48.8 Å². The minimum Gasteiger partial charge on any atom is -0.478 e. The third-order valence-electron chi connectivity index (χ3n) is 3.97. The maximum atomic E-state index is 11.3. The Morgan fingerprint density at radius 2 is 2.00 bits per heavy atom. The largest absolute Gasteiger partial charge is 0.478 e. The number of aromatic carboxylic acids is 1. The number of hydrogen-bond acceptors (Lipinski definition) is 3. The summed E-state index contributed by atoms with van der Waals surface area (Å²) in [7, 11) is 0. The second-order valence-corrected chi connectivity index (χ2v) is 5.21. The Bertz CT molecular complexity index is 445. The number of rotatable bonds is 6. The van der Waals surface area contributed by atoms with E-state index in [1.165, 1.54) is 0 Å². The molecule has 1 heterocycles. The van der Waals surface area contributed by atoms with E-state index >= 15 is 0 Å². The summed E-state index contributed by atoms with van der Waals surface area (Å²) in [5.41, 5.74) is 1.45. The van der Waals surface area contributed by atoms with Gasteiger partial charge in [-0.15, -0.1) is 12.4 Å². The minimum absolute atomic E-state index is 0. The molecule has 0 spiro atoms. The van der Waals surface area contributed by atoms with Gasteiger partial charge in [0.05, 0.1) is 12.2 Å². The van der Waals surface area contributed by atoms with Crippen LogP contribution < -0.4 is 0 Å². The molecular formula is C16H24ClNO3. The number of ether oxygens (including phenoxy) is 1. The molecule has 1 aromatic rings. The van der Waals surface area contributed by atoms with Crippen LogP contribution in [0.3, 0.4) is 0 Å². The lowest BCUT2D eigenvalue weighted by Crippen LogP contribution is -2.35. The summed E-state index contributed by atoms with van der Waals surface area (Å²) < 4.78 is 5.38. The summed E-state index contributed by atoms with van der Waals surface area (Å²) in [5, 5.41) is 9.26. The summed E-state index contributed by atoms with van der Waals surface area (Å²) in [4.78, 5) is 13.7. The molecule has 1 N–H and O–H groups in total. The van der Waals surface area contributed by atoms with Crippen molar-refractivity contribution in [1.29, 1.82) is 0 Å². The first-order valence-corrected chi connectivity index (χ1v) is 7.34. The van der Waals surface area contributed by atoms with E-state index in [0.29, 0.717) is 11.5 Å². The van der Waals surface area contributed by atoms with E-state index in [9.17, 15) is 9.90 Å². The van der Waals surface area contributed by atoms with Gasteiger partial charge in [0.15, 0.2) is 0 Å². The molecule has 0 aromatic heterocycles. The van der Waals surface area contributed by atoms with Crippen LogP contribution in [0.2, 0.25) is 0 Å². The smallest absolute Gasteiger partial charge is 0.335 e. The van der Waals surface area contributed by atoms with Crippen molar-refractivity contribution in [1.82, 2.24) is 4.90 Å². The molecule has 0 atom stereocenters. The minimum atomic E-state index is -0.820. The maximum absolute atomic E-state index is 11.3. The van der Waals surface area contributed by atoms with E-state index in [1.54, 1.807) is 12.1 Å². The molecule has 0 saturated carbocycles. The van der Waals surface area contributed by atoms with E-state index in [4.69, 9.17) is 4.74 Å². The van der Waals surface area contributed by atoms with Gasteiger partial charge in [-0.1, -0.05) is 18.2 Å². The standard InChI is InChI=1S/C16H23NO3.ClH/c1-2-20-12-11-17-9-7-13(8-10-17)14-5-3-4-6-15(14)16(18)19;/h3-6,13H,2,7-12H2,1H3,(H,18,19);1H. The molecule has 118 valence electrons. The number of halogens is 1. The van der Waals surface area contributed by atoms with Crippen molar-refractivity contribution in [2.24, 2.45) is 0 Å². The van der Waals surface area contributed by atoms with Gasteiger partial charge >= 0.3 is 5.97 Å². The molecular weight excluding hydrogens is 290 g/mol. The average molecular weight is 314 g/mol. The number of carboxylic acid groups (broad SMARTS) is 1. The number of carboxylic acids is 1. The summed E-state index contributed by atoms with van der Waals surface area (Å²) >= 11 is 0. The fraction of sp³-hybridized carbons (Fsp3) is 0.562. The molecule has 2 rings (SSSR count). The van der Waals surface area contributed by atoms with Crippen LogP contribution in [0.4, 0.5) is 0 Å². The average Bonchev–Trinajstić information content (AvgIpc) is 2.48. The number of likely N-dealkylation sites (tertiary alicyclic amines) is 1. The van der Waals surface area contributed by atoms with Gasteiger partial charge in [0, 0.05) is 13.2 Å². The van der Waals surface area contributed by atoms with Gasteiger partial charge in [-0.05, 0) is 50.4 Å². The van der Waals surface area contributed by atoms with Crippen molar-refractivity contribution in [3.05, 3.63) is 35.4 Å². The second-order valence-electron chi connectivity index (χ2n) is 5.21. The van der Waals surface area contributed by atoms with Crippen LogP contribution in [-0.2, 0) is 4.74 Å². The van der Waals surface area contributed by atoms with Gasteiger partial charge in [0.2, 0.25) is 0 Å². The molecule has 0 radical (unpaired) electrons. The summed E-state index contributed by atoms with van der Waals surface area (Å²) in [6.07, 6.45) is 2.05. The van der Waals surface area contributed by atoms with Crippen LogP contribution in [0.5, 0.6) is 0 Å². The zero-order chi connectivity index (χ0) is 14.4. The van der Waals surface area contributed by atoms with E-state index < -0.39 is 5.97 Å². The Labute approximate surface area is 132 Å². The quantitative estimate of drug-likeness (QED) is 0.820. The van der Waals surface area contributed by atoms with Crippen LogP contribution in [0.15, 0.2) is 24.3 Å².